The molecule has 3 aliphatic rings. The van der Waals surface area contributed by atoms with E-state index in [0.29, 0.717) is 17.6 Å². The summed E-state index contributed by atoms with van der Waals surface area (Å²) in [5.41, 5.74) is 0.621. The predicted octanol–water partition coefficient (Wildman–Crippen LogP) is 1.55. The number of rotatable bonds is 2. The Kier molecular flexibility index (Phi) is 1.72. The summed E-state index contributed by atoms with van der Waals surface area (Å²) in [6.07, 6.45) is 8.12. The van der Waals surface area contributed by atoms with E-state index in [-0.39, 0.29) is 0 Å². The van der Waals surface area contributed by atoms with Gasteiger partial charge in [0.1, 0.15) is 0 Å². The average Bonchev–Trinajstić information content (AvgIpc) is 2.68. The van der Waals surface area contributed by atoms with Crippen LogP contribution in [0.25, 0.3) is 0 Å². The van der Waals surface area contributed by atoms with Gasteiger partial charge in [-0.05, 0) is 51.6 Å². The van der Waals surface area contributed by atoms with Gasteiger partial charge in [-0.1, -0.05) is 0 Å². The Hall–Kier alpha value is -0.0800. The molecule has 0 aromatic heterocycles. The Morgan fingerprint density at radius 3 is 3.15 bits per heavy atom. The third-order valence-corrected chi connectivity index (χ3v) is 4.41. The smallest absolute Gasteiger partial charge is 0.0639 e. The Morgan fingerprint density at radius 1 is 1.38 bits per heavy atom. The first-order valence-corrected chi connectivity index (χ1v) is 5.65. The zero-order chi connectivity index (χ0) is 8.89. The van der Waals surface area contributed by atoms with E-state index in [1.165, 1.54) is 38.6 Å². The summed E-state index contributed by atoms with van der Waals surface area (Å²) in [7, 11) is 2.06. The molecule has 4 unspecified atom stereocenters. The Labute approximate surface area is 80.0 Å². The maximum atomic E-state index is 6.02. The summed E-state index contributed by atoms with van der Waals surface area (Å²) in [5, 5.41) is 3.30. The minimum absolute atomic E-state index is 0.621. The molecule has 2 nitrogen and oxygen atoms in total. The van der Waals surface area contributed by atoms with Crippen molar-refractivity contribution in [3.63, 3.8) is 0 Å². The van der Waals surface area contributed by atoms with Crippen molar-refractivity contribution in [3.05, 3.63) is 0 Å². The third-order valence-electron chi connectivity index (χ3n) is 4.41. The number of ether oxygens (including phenoxy) is 1. The standard InChI is InChI=1S/C11H19NO/c1-12-7-8-6-11(8)5-4-9-2-3-10(11)13-9/h8-10,12H,2-7H2,1H3. The molecule has 2 heteroatoms. The van der Waals surface area contributed by atoms with Crippen molar-refractivity contribution >= 4 is 0 Å². The van der Waals surface area contributed by atoms with Crippen LogP contribution >= 0.6 is 0 Å². The zero-order valence-corrected chi connectivity index (χ0v) is 8.38. The molecule has 1 N–H and O–H groups in total. The molecule has 2 saturated heterocycles. The molecule has 0 aromatic rings. The lowest BCUT2D eigenvalue weighted by molar-refractivity contribution is -0.0485. The van der Waals surface area contributed by atoms with Crippen molar-refractivity contribution in [1.82, 2.24) is 5.32 Å². The first kappa shape index (κ1) is 8.25. The van der Waals surface area contributed by atoms with E-state index in [1.807, 2.05) is 0 Å². The fourth-order valence-electron chi connectivity index (χ4n) is 3.55. The second-order valence-electron chi connectivity index (χ2n) is 5.05. The number of nitrogens with one attached hydrogen (secondary N) is 1. The van der Waals surface area contributed by atoms with Crippen LogP contribution in [-0.2, 0) is 4.74 Å². The van der Waals surface area contributed by atoms with Crippen LogP contribution in [0.3, 0.4) is 0 Å². The summed E-state index contributed by atoms with van der Waals surface area (Å²) in [6, 6.07) is 0. The van der Waals surface area contributed by atoms with Crippen LogP contribution in [0.2, 0.25) is 0 Å². The van der Waals surface area contributed by atoms with Gasteiger partial charge < -0.3 is 10.1 Å². The molecular weight excluding hydrogens is 162 g/mol. The van der Waals surface area contributed by atoms with Gasteiger partial charge in [0.05, 0.1) is 12.2 Å². The van der Waals surface area contributed by atoms with Gasteiger partial charge in [0.2, 0.25) is 0 Å². The number of hydrogen-bond acceptors (Lipinski definition) is 2. The highest BCUT2D eigenvalue weighted by molar-refractivity contribution is 5.11. The monoisotopic (exact) mass is 181 g/mol. The lowest BCUT2D eigenvalue weighted by Gasteiger charge is -2.30. The van der Waals surface area contributed by atoms with Crippen LogP contribution in [-0.4, -0.2) is 25.8 Å². The van der Waals surface area contributed by atoms with Crippen LogP contribution in [0.1, 0.15) is 32.1 Å². The first-order chi connectivity index (χ1) is 6.35. The van der Waals surface area contributed by atoms with Gasteiger partial charge in [-0.2, -0.15) is 0 Å². The Morgan fingerprint density at radius 2 is 2.31 bits per heavy atom. The largest absolute Gasteiger partial charge is 0.374 e. The molecule has 3 rings (SSSR count). The van der Waals surface area contributed by atoms with E-state index in [0.717, 1.165) is 5.92 Å². The Bertz CT molecular complexity index is 218. The van der Waals surface area contributed by atoms with Crippen LogP contribution in [0.5, 0.6) is 0 Å². The molecule has 2 heterocycles. The van der Waals surface area contributed by atoms with Crippen molar-refractivity contribution in [3.8, 4) is 0 Å². The molecule has 0 aromatic carbocycles. The summed E-state index contributed by atoms with van der Waals surface area (Å²) < 4.78 is 6.02. The van der Waals surface area contributed by atoms with Crippen molar-refractivity contribution in [2.75, 3.05) is 13.6 Å². The van der Waals surface area contributed by atoms with E-state index >= 15 is 0 Å². The van der Waals surface area contributed by atoms with Crippen LogP contribution in [0, 0.1) is 11.3 Å². The molecule has 1 saturated carbocycles. The second kappa shape index (κ2) is 2.71. The van der Waals surface area contributed by atoms with E-state index < -0.39 is 0 Å². The maximum Gasteiger partial charge on any atom is 0.0639 e. The van der Waals surface area contributed by atoms with Gasteiger partial charge in [-0.3, -0.25) is 0 Å². The quantitative estimate of drug-likeness (QED) is 0.698. The van der Waals surface area contributed by atoms with Crippen LogP contribution in [0.15, 0.2) is 0 Å². The zero-order valence-electron chi connectivity index (χ0n) is 8.38. The first-order valence-electron chi connectivity index (χ1n) is 5.65. The molecular formula is C11H19NO. The van der Waals surface area contributed by atoms with Crippen LogP contribution < -0.4 is 5.32 Å². The molecule has 13 heavy (non-hydrogen) atoms. The van der Waals surface area contributed by atoms with E-state index in [1.54, 1.807) is 0 Å². The van der Waals surface area contributed by atoms with Crippen molar-refractivity contribution in [2.45, 2.75) is 44.3 Å². The van der Waals surface area contributed by atoms with Crippen molar-refractivity contribution < 1.29 is 4.74 Å². The molecule has 0 radical (unpaired) electrons. The lowest BCUT2D eigenvalue weighted by atomic mass is 9.89. The van der Waals surface area contributed by atoms with E-state index in [2.05, 4.69) is 12.4 Å². The SMILES string of the molecule is CNCC1CC12CCC1CCC2O1. The molecule has 0 amide bonds. The normalized spacial score (nSPS) is 52.8. The summed E-state index contributed by atoms with van der Waals surface area (Å²) in [5.74, 6) is 0.918. The van der Waals surface area contributed by atoms with Crippen LogP contribution in [0.4, 0.5) is 0 Å². The predicted molar refractivity (Wildman–Crippen MR) is 51.6 cm³/mol. The average molecular weight is 181 g/mol. The highest BCUT2D eigenvalue weighted by Crippen LogP contribution is 2.64. The summed E-state index contributed by atoms with van der Waals surface area (Å²) >= 11 is 0. The van der Waals surface area contributed by atoms with Gasteiger partial charge in [0.15, 0.2) is 0 Å². The van der Waals surface area contributed by atoms with Crippen molar-refractivity contribution in [2.24, 2.45) is 11.3 Å². The lowest BCUT2D eigenvalue weighted by Crippen LogP contribution is -2.32. The Balaban J connectivity index is 1.71. The number of hydrogen-bond donors (Lipinski definition) is 1. The fourth-order valence-corrected chi connectivity index (χ4v) is 3.55. The molecule has 2 aliphatic heterocycles. The molecule has 2 bridgehead atoms. The van der Waals surface area contributed by atoms with Gasteiger partial charge >= 0.3 is 0 Å². The van der Waals surface area contributed by atoms with Gasteiger partial charge in [0.25, 0.3) is 0 Å². The minimum Gasteiger partial charge on any atom is -0.374 e. The van der Waals surface area contributed by atoms with Gasteiger partial charge in [-0.15, -0.1) is 0 Å². The number of fused-ring (bicyclic) bond motifs is 3. The van der Waals surface area contributed by atoms with E-state index in [9.17, 15) is 0 Å². The highest BCUT2D eigenvalue weighted by Gasteiger charge is 2.62. The maximum absolute atomic E-state index is 6.02. The molecule has 74 valence electrons. The van der Waals surface area contributed by atoms with E-state index in [4.69, 9.17) is 4.74 Å². The molecule has 1 aliphatic carbocycles. The molecule has 4 atom stereocenters. The highest BCUT2D eigenvalue weighted by atomic mass is 16.5. The van der Waals surface area contributed by atoms with Crippen molar-refractivity contribution in [1.29, 1.82) is 0 Å². The molecule has 1 spiro atoms. The summed E-state index contributed by atoms with van der Waals surface area (Å²) in [6.45, 7) is 1.20. The fraction of sp³-hybridized carbons (Fsp3) is 1.00. The third kappa shape index (κ3) is 1.08. The second-order valence-corrected chi connectivity index (χ2v) is 5.05. The minimum atomic E-state index is 0.621. The topological polar surface area (TPSA) is 21.3 Å². The molecule has 3 fully saturated rings. The van der Waals surface area contributed by atoms with Gasteiger partial charge in [0, 0.05) is 5.41 Å². The van der Waals surface area contributed by atoms with Gasteiger partial charge in [-0.25, -0.2) is 0 Å². The summed E-state index contributed by atoms with van der Waals surface area (Å²) in [4.78, 5) is 0.